The van der Waals surface area contributed by atoms with Gasteiger partial charge in [-0.15, -0.1) is 0 Å². The summed E-state index contributed by atoms with van der Waals surface area (Å²) in [6.07, 6.45) is 1.29. The second-order valence-corrected chi connectivity index (χ2v) is 4.43. The smallest absolute Gasteiger partial charge is 0.126 e. The van der Waals surface area contributed by atoms with Gasteiger partial charge in [-0.3, -0.25) is 0 Å². The zero-order valence-electron chi connectivity index (χ0n) is 10.7. The minimum absolute atomic E-state index is 0.168. The van der Waals surface area contributed by atoms with E-state index in [0.717, 1.165) is 0 Å². The van der Waals surface area contributed by atoms with Gasteiger partial charge in [0.2, 0.25) is 0 Å². The summed E-state index contributed by atoms with van der Waals surface area (Å²) in [5, 5.41) is 3.20. The summed E-state index contributed by atoms with van der Waals surface area (Å²) in [6.45, 7) is 1.38. The van der Waals surface area contributed by atoms with E-state index < -0.39 is 0 Å². The van der Waals surface area contributed by atoms with Gasteiger partial charge in [-0.05, 0) is 49.2 Å². The standard InChI is InChI=1S/C16H17F2N/c17-15-7-3-1-5-13(15)9-11-19-12-10-14-6-2-4-8-16(14)18/h1-8,19H,9-12H2. The molecule has 0 aliphatic carbocycles. The van der Waals surface area contributed by atoms with Crippen LogP contribution in [0.3, 0.4) is 0 Å². The van der Waals surface area contributed by atoms with Gasteiger partial charge in [0.05, 0.1) is 0 Å². The van der Waals surface area contributed by atoms with Crippen LogP contribution in [0.2, 0.25) is 0 Å². The van der Waals surface area contributed by atoms with Gasteiger partial charge in [-0.2, -0.15) is 0 Å². The highest BCUT2D eigenvalue weighted by molar-refractivity contribution is 5.18. The Bertz CT molecular complexity index is 478. The summed E-state index contributed by atoms with van der Waals surface area (Å²) in [4.78, 5) is 0. The van der Waals surface area contributed by atoms with Crippen LogP contribution in [0, 0.1) is 11.6 Å². The quantitative estimate of drug-likeness (QED) is 0.786. The molecule has 0 bridgehead atoms. The van der Waals surface area contributed by atoms with Crippen LogP contribution in [0.5, 0.6) is 0 Å². The van der Waals surface area contributed by atoms with Gasteiger partial charge in [0.1, 0.15) is 11.6 Å². The second kappa shape index (κ2) is 7.00. The van der Waals surface area contributed by atoms with E-state index in [1.54, 1.807) is 24.3 Å². The summed E-state index contributed by atoms with van der Waals surface area (Å²) < 4.78 is 26.7. The molecule has 0 amide bonds. The third-order valence-corrected chi connectivity index (χ3v) is 3.06. The van der Waals surface area contributed by atoms with Crippen LogP contribution < -0.4 is 5.32 Å². The molecule has 1 N–H and O–H groups in total. The Balaban J connectivity index is 1.71. The van der Waals surface area contributed by atoms with Gasteiger partial charge >= 0.3 is 0 Å². The van der Waals surface area contributed by atoms with Crippen LogP contribution in [0.4, 0.5) is 8.78 Å². The first-order chi connectivity index (χ1) is 9.27. The first-order valence-corrected chi connectivity index (χ1v) is 6.45. The van der Waals surface area contributed by atoms with Gasteiger partial charge in [0.15, 0.2) is 0 Å². The Morgan fingerprint density at radius 3 is 1.53 bits per heavy atom. The van der Waals surface area contributed by atoms with Gasteiger partial charge in [0.25, 0.3) is 0 Å². The fourth-order valence-electron chi connectivity index (χ4n) is 1.97. The van der Waals surface area contributed by atoms with Crippen molar-refractivity contribution in [3.63, 3.8) is 0 Å². The number of hydrogen-bond donors (Lipinski definition) is 1. The van der Waals surface area contributed by atoms with Gasteiger partial charge < -0.3 is 5.32 Å². The van der Waals surface area contributed by atoms with Crippen molar-refractivity contribution < 1.29 is 8.78 Å². The SMILES string of the molecule is Fc1ccccc1CCNCCc1ccccc1F. The molecule has 0 radical (unpaired) electrons. The Labute approximate surface area is 112 Å². The topological polar surface area (TPSA) is 12.0 Å². The first kappa shape index (κ1) is 13.7. The molecule has 0 atom stereocenters. The van der Waals surface area contributed by atoms with E-state index in [4.69, 9.17) is 0 Å². The summed E-state index contributed by atoms with van der Waals surface area (Å²) in [5.74, 6) is -0.336. The number of halogens is 2. The normalized spacial score (nSPS) is 10.6. The predicted molar refractivity (Wildman–Crippen MR) is 73.1 cm³/mol. The summed E-state index contributed by atoms with van der Waals surface area (Å²) in [7, 11) is 0. The molecule has 0 unspecified atom stereocenters. The van der Waals surface area contributed by atoms with Crippen molar-refractivity contribution in [1.82, 2.24) is 5.32 Å². The molecule has 0 spiro atoms. The van der Waals surface area contributed by atoms with E-state index in [2.05, 4.69) is 5.32 Å². The predicted octanol–water partition coefficient (Wildman–Crippen LogP) is 3.34. The fraction of sp³-hybridized carbons (Fsp3) is 0.250. The number of benzene rings is 2. The molecule has 2 rings (SSSR count). The van der Waals surface area contributed by atoms with Crippen LogP contribution in [0.1, 0.15) is 11.1 Å². The maximum Gasteiger partial charge on any atom is 0.126 e. The Morgan fingerprint density at radius 2 is 1.11 bits per heavy atom. The monoisotopic (exact) mass is 261 g/mol. The zero-order valence-corrected chi connectivity index (χ0v) is 10.7. The first-order valence-electron chi connectivity index (χ1n) is 6.45. The summed E-state index contributed by atoms with van der Waals surface area (Å²) in [6, 6.07) is 13.5. The summed E-state index contributed by atoms with van der Waals surface area (Å²) >= 11 is 0. The maximum absolute atomic E-state index is 13.3. The Morgan fingerprint density at radius 1 is 0.684 bits per heavy atom. The van der Waals surface area contributed by atoms with Crippen molar-refractivity contribution in [3.8, 4) is 0 Å². The fourth-order valence-corrected chi connectivity index (χ4v) is 1.97. The molecule has 0 saturated carbocycles. The number of nitrogens with one attached hydrogen (secondary N) is 1. The van der Waals surface area contributed by atoms with Gasteiger partial charge in [-0.1, -0.05) is 36.4 Å². The molecule has 100 valence electrons. The van der Waals surface area contributed by atoms with E-state index in [1.807, 2.05) is 12.1 Å². The Kier molecular flexibility index (Phi) is 5.04. The van der Waals surface area contributed by atoms with E-state index in [-0.39, 0.29) is 11.6 Å². The van der Waals surface area contributed by atoms with Crippen LogP contribution in [-0.4, -0.2) is 13.1 Å². The largest absolute Gasteiger partial charge is 0.316 e. The third-order valence-electron chi connectivity index (χ3n) is 3.06. The number of rotatable bonds is 6. The van der Waals surface area contributed by atoms with E-state index in [0.29, 0.717) is 37.1 Å². The molecule has 1 nitrogen and oxygen atoms in total. The molecular formula is C16H17F2N. The lowest BCUT2D eigenvalue weighted by atomic mass is 10.1. The maximum atomic E-state index is 13.3. The highest BCUT2D eigenvalue weighted by Crippen LogP contribution is 2.07. The van der Waals surface area contributed by atoms with Crippen molar-refractivity contribution in [2.24, 2.45) is 0 Å². The molecule has 0 aliphatic heterocycles. The minimum Gasteiger partial charge on any atom is -0.316 e. The Hall–Kier alpha value is -1.74. The lowest BCUT2D eigenvalue weighted by molar-refractivity contribution is 0.587. The molecule has 2 aromatic carbocycles. The average molecular weight is 261 g/mol. The molecule has 0 aromatic heterocycles. The third kappa shape index (κ3) is 4.14. The lowest BCUT2D eigenvalue weighted by Gasteiger charge is -2.06. The van der Waals surface area contributed by atoms with Crippen LogP contribution in [-0.2, 0) is 12.8 Å². The molecule has 0 heterocycles. The highest BCUT2D eigenvalue weighted by Gasteiger charge is 2.01. The molecule has 3 heteroatoms. The van der Waals surface area contributed by atoms with Gasteiger partial charge in [-0.25, -0.2) is 8.78 Å². The highest BCUT2D eigenvalue weighted by atomic mass is 19.1. The van der Waals surface area contributed by atoms with Crippen molar-refractivity contribution in [3.05, 3.63) is 71.3 Å². The molecule has 2 aromatic rings. The van der Waals surface area contributed by atoms with Crippen molar-refractivity contribution in [2.45, 2.75) is 12.8 Å². The van der Waals surface area contributed by atoms with Crippen molar-refractivity contribution >= 4 is 0 Å². The lowest BCUT2D eigenvalue weighted by Crippen LogP contribution is -2.20. The summed E-state index contributed by atoms with van der Waals surface area (Å²) in [5.41, 5.74) is 1.42. The molecule has 0 aliphatic rings. The van der Waals surface area contributed by atoms with Crippen molar-refractivity contribution in [2.75, 3.05) is 13.1 Å². The average Bonchev–Trinajstić information content (AvgIpc) is 2.42. The second-order valence-electron chi connectivity index (χ2n) is 4.43. The molecule has 0 saturated heterocycles. The van der Waals surface area contributed by atoms with Crippen LogP contribution >= 0.6 is 0 Å². The van der Waals surface area contributed by atoms with Crippen LogP contribution in [0.25, 0.3) is 0 Å². The van der Waals surface area contributed by atoms with Crippen LogP contribution in [0.15, 0.2) is 48.5 Å². The van der Waals surface area contributed by atoms with E-state index >= 15 is 0 Å². The number of hydrogen-bond acceptors (Lipinski definition) is 1. The van der Waals surface area contributed by atoms with E-state index in [1.165, 1.54) is 12.1 Å². The minimum atomic E-state index is -0.168. The zero-order chi connectivity index (χ0) is 13.5. The van der Waals surface area contributed by atoms with Gasteiger partial charge in [0, 0.05) is 0 Å². The van der Waals surface area contributed by atoms with Crippen molar-refractivity contribution in [1.29, 1.82) is 0 Å². The van der Waals surface area contributed by atoms with E-state index in [9.17, 15) is 8.78 Å². The molecule has 0 fully saturated rings. The molecule has 19 heavy (non-hydrogen) atoms. The molecular weight excluding hydrogens is 244 g/mol.